The van der Waals surface area contributed by atoms with Gasteiger partial charge in [0.2, 0.25) is 0 Å². The zero-order chi connectivity index (χ0) is 19.4. The van der Waals surface area contributed by atoms with Gasteiger partial charge in [-0.15, -0.1) is 8.58 Å². The van der Waals surface area contributed by atoms with Gasteiger partial charge < -0.3 is 9.64 Å². The van der Waals surface area contributed by atoms with Crippen LogP contribution in [0.1, 0.15) is 23.6 Å². The molecule has 2 atom stereocenters. The van der Waals surface area contributed by atoms with Crippen molar-refractivity contribution in [3.63, 3.8) is 0 Å². The topological polar surface area (TPSA) is 36.3 Å². The second kappa shape index (κ2) is 9.39. The first kappa shape index (κ1) is 20.6. The number of anilines is 1. The molecule has 3 nitrogen and oxygen atoms in total. The summed E-state index contributed by atoms with van der Waals surface area (Å²) in [6.07, 6.45) is 0.935. The van der Waals surface area contributed by atoms with Crippen molar-refractivity contribution in [2.24, 2.45) is 0 Å². The summed E-state index contributed by atoms with van der Waals surface area (Å²) in [7, 11) is 0.850. The lowest BCUT2D eigenvalue weighted by atomic mass is 9.93. The van der Waals surface area contributed by atoms with Crippen LogP contribution in [0.15, 0.2) is 36.4 Å². The molecule has 0 spiro atoms. The van der Waals surface area contributed by atoms with E-state index in [-0.39, 0.29) is 0 Å². The molecule has 1 N–H and O–H groups in total. The molecular formula is C21H25Cl2N2OP. The maximum absolute atomic E-state index is 8.85. The fourth-order valence-electron chi connectivity index (χ4n) is 3.33. The largest absolute Gasteiger partial charge is 0.378 e. The van der Waals surface area contributed by atoms with Gasteiger partial charge in [0.15, 0.2) is 0 Å². The molecule has 1 fully saturated rings. The number of benzene rings is 2. The Balaban J connectivity index is 2.08. The molecule has 0 amide bonds. The van der Waals surface area contributed by atoms with Crippen LogP contribution in [0.25, 0.3) is 0 Å². The zero-order valence-corrected chi connectivity index (χ0v) is 18.2. The van der Waals surface area contributed by atoms with E-state index in [1.807, 2.05) is 36.4 Å². The van der Waals surface area contributed by atoms with Crippen molar-refractivity contribution in [2.45, 2.75) is 19.0 Å². The van der Waals surface area contributed by atoms with Crippen molar-refractivity contribution in [2.75, 3.05) is 37.9 Å². The smallest absolute Gasteiger partial charge is 0.0688 e. The highest BCUT2D eigenvalue weighted by Crippen LogP contribution is 2.34. The predicted molar refractivity (Wildman–Crippen MR) is 119 cm³/mol. The fraction of sp³-hybridized carbons (Fsp3) is 0.381. The molecule has 0 radical (unpaired) electrons. The van der Waals surface area contributed by atoms with Crippen molar-refractivity contribution in [1.29, 1.82) is 5.41 Å². The Hall–Kier alpha value is -1.12. The van der Waals surface area contributed by atoms with E-state index in [9.17, 15) is 0 Å². The number of rotatable bonds is 6. The minimum Gasteiger partial charge on any atom is -0.378 e. The summed E-state index contributed by atoms with van der Waals surface area (Å²) in [5.74, 6) is 0. The van der Waals surface area contributed by atoms with Gasteiger partial charge in [-0.25, -0.2) is 0 Å². The van der Waals surface area contributed by atoms with Crippen LogP contribution in [0.4, 0.5) is 5.69 Å². The van der Waals surface area contributed by atoms with E-state index < -0.39 is 0 Å². The van der Waals surface area contributed by atoms with Crippen LogP contribution >= 0.6 is 31.8 Å². The number of morpholine rings is 1. The first-order valence-electron chi connectivity index (χ1n) is 9.17. The molecule has 2 aromatic carbocycles. The van der Waals surface area contributed by atoms with Gasteiger partial charge in [-0.3, -0.25) is 5.41 Å². The zero-order valence-electron chi connectivity index (χ0n) is 15.7. The number of nitrogens with one attached hydrogen (secondary N) is 1. The van der Waals surface area contributed by atoms with Crippen LogP contribution in [0.5, 0.6) is 0 Å². The van der Waals surface area contributed by atoms with Crippen LogP contribution in [0.2, 0.25) is 10.0 Å². The minimum absolute atomic E-state index is 0.491. The third-order valence-electron chi connectivity index (χ3n) is 4.95. The summed E-state index contributed by atoms with van der Waals surface area (Å²) in [6, 6.07) is 11.4. The van der Waals surface area contributed by atoms with E-state index in [4.69, 9.17) is 33.3 Å². The molecule has 2 unspecified atom stereocenters. The lowest BCUT2D eigenvalue weighted by molar-refractivity contribution is 0.122. The molecular weight excluding hydrogens is 398 g/mol. The molecule has 144 valence electrons. The van der Waals surface area contributed by atoms with Crippen LogP contribution < -0.4 is 4.90 Å². The van der Waals surface area contributed by atoms with Gasteiger partial charge in [0.1, 0.15) is 0 Å². The van der Waals surface area contributed by atoms with Crippen LogP contribution in [-0.2, 0) is 11.2 Å². The van der Waals surface area contributed by atoms with Crippen LogP contribution in [-0.4, -0.2) is 44.3 Å². The predicted octanol–water partition coefficient (Wildman–Crippen LogP) is 5.49. The molecule has 2 aromatic rings. The summed E-state index contributed by atoms with van der Waals surface area (Å²) in [5.41, 5.74) is 5.17. The molecule has 27 heavy (non-hydrogen) atoms. The van der Waals surface area contributed by atoms with Gasteiger partial charge in [0.05, 0.1) is 18.9 Å². The van der Waals surface area contributed by atoms with Crippen molar-refractivity contribution in [3.8, 4) is 0 Å². The molecule has 6 heteroatoms. The summed E-state index contributed by atoms with van der Waals surface area (Å²) in [5, 5.41) is 10.2. The summed E-state index contributed by atoms with van der Waals surface area (Å²) >= 11 is 12.5. The summed E-state index contributed by atoms with van der Waals surface area (Å²) in [4.78, 5) is 2.34. The summed E-state index contributed by atoms with van der Waals surface area (Å²) < 4.78 is 5.52. The average Bonchev–Trinajstić information content (AvgIpc) is 2.69. The standard InChI is InChI=1S/C21H25Cl2N2OP/c1-14(27-2)11-18-19(21(24)15-3-5-16(22)6-4-15)12-17(23)13-20(18)25-7-9-26-10-8-25/h3-6,12-14,24,27H,7-11H2,1-2H3. The van der Waals surface area contributed by atoms with Crippen molar-refractivity contribution < 1.29 is 4.74 Å². The first-order valence-corrected chi connectivity index (χ1v) is 11.5. The second-order valence-electron chi connectivity index (χ2n) is 6.83. The van der Waals surface area contributed by atoms with Gasteiger partial charge >= 0.3 is 0 Å². The Morgan fingerprint density at radius 2 is 1.81 bits per heavy atom. The van der Waals surface area contributed by atoms with Gasteiger partial charge in [-0.2, -0.15) is 0 Å². The van der Waals surface area contributed by atoms with E-state index in [0.29, 0.717) is 21.4 Å². The van der Waals surface area contributed by atoms with Crippen molar-refractivity contribution in [3.05, 3.63) is 63.1 Å². The molecule has 1 aliphatic rings. The van der Waals surface area contributed by atoms with Gasteiger partial charge in [-0.05, 0) is 48.6 Å². The number of hydrogen-bond donors (Lipinski definition) is 1. The molecule has 0 aliphatic carbocycles. The third kappa shape index (κ3) is 5.03. The Morgan fingerprint density at radius 3 is 2.44 bits per heavy atom. The molecule has 1 aliphatic heterocycles. The quantitative estimate of drug-likeness (QED) is 0.493. The highest BCUT2D eigenvalue weighted by atomic mass is 35.5. The normalized spacial score (nSPS) is 16.1. The van der Waals surface area contributed by atoms with E-state index in [2.05, 4.69) is 18.5 Å². The maximum atomic E-state index is 8.85. The van der Waals surface area contributed by atoms with Gasteiger partial charge in [-0.1, -0.05) is 42.3 Å². The molecule has 1 saturated heterocycles. The summed E-state index contributed by atoms with van der Waals surface area (Å²) in [6.45, 7) is 7.65. The Kier molecular flexibility index (Phi) is 7.16. The van der Waals surface area contributed by atoms with E-state index >= 15 is 0 Å². The van der Waals surface area contributed by atoms with Crippen molar-refractivity contribution >= 4 is 43.2 Å². The van der Waals surface area contributed by atoms with E-state index in [1.165, 1.54) is 5.56 Å². The first-order chi connectivity index (χ1) is 13.0. The monoisotopic (exact) mass is 422 g/mol. The molecule has 0 bridgehead atoms. The Bertz CT molecular complexity index is 805. The third-order valence-corrected chi connectivity index (χ3v) is 6.61. The van der Waals surface area contributed by atoms with Crippen molar-refractivity contribution in [1.82, 2.24) is 0 Å². The fourth-order valence-corrected chi connectivity index (χ4v) is 4.07. The maximum Gasteiger partial charge on any atom is 0.0688 e. The van der Waals surface area contributed by atoms with Gasteiger partial charge in [0, 0.05) is 39.9 Å². The molecule has 0 aromatic heterocycles. The molecule has 3 rings (SSSR count). The lowest BCUT2D eigenvalue weighted by Crippen LogP contribution is -2.37. The average molecular weight is 423 g/mol. The Labute approximate surface area is 173 Å². The van der Waals surface area contributed by atoms with Crippen LogP contribution in [0.3, 0.4) is 0 Å². The second-order valence-corrected chi connectivity index (χ2v) is 9.26. The van der Waals surface area contributed by atoms with E-state index in [1.54, 1.807) is 0 Å². The SMILES string of the molecule is CPC(C)Cc1c(C(=N)c2ccc(Cl)cc2)cc(Cl)cc1N1CCOCC1. The Morgan fingerprint density at radius 1 is 1.15 bits per heavy atom. The lowest BCUT2D eigenvalue weighted by Gasteiger charge is -2.32. The molecule has 1 heterocycles. The highest BCUT2D eigenvalue weighted by molar-refractivity contribution is 7.37. The number of ether oxygens (including phenoxy) is 1. The van der Waals surface area contributed by atoms with Gasteiger partial charge in [0.25, 0.3) is 0 Å². The van der Waals surface area contributed by atoms with Crippen LogP contribution in [0, 0.1) is 5.41 Å². The number of nitrogens with zero attached hydrogens (tertiary/aromatic N) is 1. The number of halogens is 2. The highest BCUT2D eigenvalue weighted by Gasteiger charge is 2.22. The number of hydrogen-bond acceptors (Lipinski definition) is 3. The van der Waals surface area contributed by atoms with E-state index in [0.717, 1.165) is 58.1 Å². The molecule has 0 saturated carbocycles. The minimum atomic E-state index is 0.491.